The summed E-state index contributed by atoms with van der Waals surface area (Å²) in [5.74, 6) is -0.930. The molecule has 0 aliphatic carbocycles. The van der Waals surface area contributed by atoms with Crippen LogP contribution >= 0.6 is 23.2 Å². The number of hydrogen-bond acceptors (Lipinski definition) is 2. The van der Waals surface area contributed by atoms with Gasteiger partial charge in [0.25, 0.3) is 0 Å². The zero-order chi connectivity index (χ0) is 18.3. The normalized spacial score (nSPS) is 12.9. The molecule has 0 amide bonds. The molecule has 26 heavy (non-hydrogen) atoms. The van der Waals surface area contributed by atoms with Gasteiger partial charge in [0.05, 0.1) is 21.3 Å². The highest BCUT2D eigenvalue weighted by atomic mass is 35.5. The molecule has 1 N–H and O–H groups in total. The van der Waals surface area contributed by atoms with E-state index in [1.807, 2.05) is 24.3 Å². The van der Waals surface area contributed by atoms with E-state index in [-0.39, 0.29) is 5.56 Å². The van der Waals surface area contributed by atoms with Gasteiger partial charge in [-0.15, -0.1) is 0 Å². The van der Waals surface area contributed by atoms with Gasteiger partial charge in [0.1, 0.15) is 0 Å². The molecule has 0 fully saturated rings. The van der Waals surface area contributed by atoms with E-state index in [2.05, 4.69) is 17.0 Å². The molecular formula is C21H15Cl2NO2. The minimum atomic E-state index is -0.930. The van der Waals surface area contributed by atoms with Gasteiger partial charge in [-0.1, -0.05) is 53.5 Å². The van der Waals surface area contributed by atoms with Gasteiger partial charge in [0, 0.05) is 12.2 Å². The van der Waals surface area contributed by atoms with Crippen LogP contribution < -0.4 is 4.90 Å². The van der Waals surface area contributed by atoms with Crippen molar-refractivity contribution < 1.29 is 9.90 Å². The fourth-order valence-electron chi connectivity index (χ4n) is 3.34. The summed E-state index contributed by atoms with van der Waals surface area (Å²) in [7, 11) is 0. The van der Waals surface area contributed by atoms with Gasteiger partial charge in [-0.25, -0.2) is 4.79 Å². The molecule has 5 heteroatoms. The van der Waals surface area contributed by atoms with Crippen LogP contribution in [-0.2, 0) is 6.42 Å². The number of carboxylic acids is 1. The van der Waals surface area contributed by atoms with Crippen LogP contribution in [0.15, 0.2) is 60.7 Å². The molecule has 0 unspecified atom stereocenters. The highest BCUT2D eigenvalue weighted by Crippen LogP contribution is 2.42. The molecule has 0 bridgehead atoms. The molecule has 3 aromatic carbocycles. The van der Waals surface area contributed by atoms with Crippen LogP contribution in [0.4, 0.5) is 11.4 Å². The average molecular weight is 384 g/mol. The van der Waals surface area contributed by atoms with E-state index in [0.717, 1.165) is 35.5 Å². The van der Waals surface area contributed by atoms with Gasteiger partial charge in [0.15, 0.2) is 0 Å². The first-order valence-corrected chi connectivity index (χ1v) is 8.98. The van der Waals surface area contributed by atoms with Crippen molar-refractivity contribution in [3.05, 3.63) is 81.8 Å². The number of nitrogens with zero attached hydrogens (tertiary/aromatic N) is 1. The van der Waals surface area contributed by atoms with E-state index in [1.165, 1.54) is 5.56 Å². The smallest absolute Gasteiger partial charge is 0.335 e. The number of fused-ring (bicyclic) bond motifs is 1. The molecule has 1 heterocycles. The molecule has 1 aliphatic rings. The molecule has 1 aliphatic heterocycles. The van der Waals surface area contributed by atoms with Gasteiger partial charge in [-0.3, -0.25) is 0 Å². The van der Waals surface area contributed by atoms with Crippen LogP contribution in [-0.4, -0.2) is 17.6 Å². The highest BCUT2D eigenvalue weighted by molar-refractivity contribution is 6.43. The molecule has 0 saturated carbocycles. The Morgan fingerprint density at radius 3 is 2.50 bits per heavy atom. The van der Waals surface area contributed by atoms with E-state index in [9.17, 15) is 9.90 Å². The Bertz CT molecular complexity index is 1020. The summed E-state index contributed by atoms with van der Waals surface area (Å²) in [6.07, 6.45) is 0.924. The van der Waals surface area contributed by atoms with E-state index < -0.39 is 5.97 Å². The quantitative estimate of drug-likeness (QED) is 0.597. The topological polar surface area (TPSA) is 40.5 Å². The summed E-state index contributed by atoms with van der Waals surface area (Å²) in [5, 5.41) is 10.3. The van der Waals surface area contributed by atoms with Crippen LogP contribution in [0.3, 0.4) is 0 Å². The van der Waals surface area contributed by atoms with E-state index in [0.29, 0.717) is 10.0 Å². The molecule has 0 aromatic heterocycles. The summed E-state index contributed by atoms with van der Waals surface area (Å²) in [6, 6.07) is 18.8. The van der Waals surface area contributed by atoms with Crippen molar-refractivity contribution in [2.45, 2.75) is 6.42 Å². The monoisotopic (exact) mass is 383 g/mol. The molecule has 4 rings (SSSR count). The Labute approximate surface area is 161 Å². The maximum Gasteiger partial charge on any atom is 0.335 e. The number of carbonyl (C=O) groups is 1. The van der Waals surface area contributed by atoms with Crippen molar-refractivity contribution >= 4 is 40.5 Å². The van der Waals surface area contributed by atoms with Crippen molar-refractivity contribution in [1.29, 1.82) is 0 Å². The fourth-order valence-corrected chi connectivity index (χ4v) is 3.74. The number of aromatic carboxylic acids is 1. The van der Waals surface area contributed by atoms with Crippen LogP contribution in [0.25, 0.3) is 11.1 Å². The Morgan fingerprint density at radius 1 is 0.923 bits per heavy atom. The molecule has 0 spiro atoms. The van der Waals surface area contributed by atoms with Crippen LogP contribution in [0, 0.1) is 0 Å². The number of benzene rings is 3. The van der Waals surface area contributed by atoms with E-state index in [4.69, 9.17) is 23.2 Å². The molecule has 3 nitrogen and oxygen atoms in total. The van der Waals surface area contributed by atoms with Gasteiger partial charge in [-0.05, 0) is 53.4 Å². The predicted octanol–water partition coefficient (Wildman–Crippen LogP) is 6.05. The van der Waals surface area contributed by atoms with Crippen molar-refractivity contribution in [3.63, 3.8) is 0 Å². The van der Waals surface area contributed by atoms with Crippen LogP contribution in [0.2, 0.25) is 10.0 Å². The standard InChI is InChI=1S/C21H15Cl2NO2/c22-17-5-2-6-18(20(17)23)24-10-9-13-7-8-15(12-19(13)24)14-3-1-4-16(11-14)21(25)26/h1-8,11-12H,9-10H2,(H,25,26). The maximum absolute atomic E-state index is 11.2. The lowest BCUT2D eigenvalue weighted by Gasteiger charge is -2.22. The SMILES string of the molecule is O=C(O)c1cccc(-c2ccc3c(c2)N(c2cccc(Cl)c2Cl)CC3)c1. The zero-order valence-electron chi connectivity index (χ0n) is 13.7. The van der Waals surface area contributed by atoms with Gasteiger partial charge in [-0.2, -0.15) is 0 Å². The van der Waals surface area contributed by atoms with Gasteiger partial charge < -0.3 is 10.0 Å². The Hall–Kier alpha value is -2.49. The third-order valence-electron chi connectivity index (χ3n) is 4.65. The van der Waals surface area contributed by atoms with Crippen molar-refractivity contribution in [3.8, 4) is 11.1 Å². The second-order valence-electron chi connectivity index (χ2n) is 6.20. The van der Waals surface area contributed by atoms with Crippen molar-refractivity contribution in [1.82, 2.24) is 0 Å². The molecule has 0 saturated heterocycles. The third kappa shape index (κ3) is 2.94. The Balaban J connectivity index is 1.78. The van der Waals surface area contributed by atoms with Crippen LogP contribution in [0.1, 0.15) is 15.9 Å². The number of anilines is 2. The number of halogens is 2. The number of carboxylic acid groups (broad SMARTS) is 1. The summed E-state index contributed by atoms with van der Waals surface area (Å²) in [5.41, 5.74) is 5.31. The zero-order valence-corrected chi connectivity index (χ0v) is 15.3. The number of hydrogen-bond donors (Lipinski definition) is 1. The lowest BCUT2D eigenvalue weighted by atomic mass is 10.0. The molecule has 0 atom stereocenters. The molecular weight excluding hydrogens is 369 g/mol. The Kier molecular flexibility index (Phi) is 4.35. The Morgan fingerprint density at radius 2 is 1.69 bits per heavy atom. The third-order valence-corrected chi connectivity index (χ3v) is 5.45. The lowest BCUT2D eigenvalue weighted by Crippen LogP contribution is -2.13. The molecule has 130 valence electrons. The minimum Gasteiger partial charge on any atom is -0.478 e. The summed E-state index contributed by atoms with van der Waals surface area (Å²) in [4.78, 5) is 13.4. The van der Waals surface area contributed by atoms with Gasteiger partial charge >= 0.3 is 5.97 Å². The lowest BCUT2D eigenvalue weighted by molar-refractivity contribution is 0.0697. The average Bonchev–Trinajstić information content (AvgIpc) is 3.07. The molecule has 3 aromatic rings. The summed E-state index contributed by atoms with van der Waals surface area (Å²) < 4.78 is 0. The first kappa shape index (κ1) is 17.0. The molecule has 0 radical (unpaired) electrons. The second-order valence-corrected chi connectivity index (χ2v) is 6.99. The second kappa shape index (κ2) is 6.67. The van der Waals surface area contributed by atoms with Crippen molar-refractivity contribution in [2.75, 3.05) is 11.4 Å². The van der Waals surface area contributed by atoms with Crippen molar-refractivity contribution in [2.24, 2.45) is 0 Å². The largest absolute Gasteiger partial charge is 0.478 e. The number of rotatable bonds is 3. The van der Waals surface area contributed by atoms with E-state index >= 15 is 0 Å². The predicted molar refractivity (Wildman–Crippen MR) is 106 cm³/mol. The first-order valence-electron chi connectivity index (χ1n) is 8.23. The summed E-state index contributed by atoms with van der Waals surface area (Å²) >= 11 is 12.6. The highest BCUT2D eigenvalue weighted by Gasteiger charge is 2.23. The van der Waals surface area contributed by atoms with Gasteiger partial charge in [0.2, 0.25) is 0 Å². The van der Waals surface area contributed by atoms with E-state index in [1.54, 1.807) is 24.3 Å². The summed E-state index contributed by atoms with van der Waals surface area (Å²) in [6.45, 7) is 0.827. The minimum absolute atomic E-state index is 0.276. The van der Waals surface area contributed by atoms with Crippen LogP contribution in [0.5, 0.6) is 0 Å². The first-order chi connectivity index (χ1) is 12.5. The fraction of sp³-hybridized carbons (Fsp3) is 0.0952. The maximum atomic E-state index is 11.2.